The van der Waals surface area contributed by atoms with E-state index in [1.54, 1.807) is 7.05 Å². The summed E-state index contributed by atoms with van der Waals surface area (Å²) in [7, 11) is 5.75. The Morgan fingerprint density at radius 1 is 1.30 bits per heavy atom. The first kappa shape index (κ1) is 21.1. The number of rotatable bonds is 3. The van der Waals surface area contributed by atoms with E-state index in [9.17, 15) is 0 Å². The fraction of sp³-hybridized carbons (Fsp3) is 0.450. The van der Waals surface area contributed by atoms with Gasteiger partial charge >= 0.3 is 0 Å². The summed E-state index contributed by atoms with van der Waals surface area (Å²) in [5.74, 6) is 0. The standard InChI is InChI=1S/C12H16N2.C6H12.C2H5N/c1-9-11(8-13-2)10-6-4-5-7-12(10)14(9)3;1-4-5-6(2)3;1-3-2/h4-7,13H,8H2,1-3H3;5H,4H2,1-3H3;1H2,2H3. The van der Waals surface area contributed by atoms with Crippen molar-refractivity contribution in [1.29, 1.82) is 0 Å². The van der Waals surface area contributed by atoms with Crippen LogP contribution >= 0.6 is 0 Å². The fourth-order valence-corrected chi connectivity index (χ4v) is 2.41. The van der Waals surface area contributed by atoms with Gasteiger partial charge in [0, 0.05) is 37.2 Å². The van der Waals surface area contributed by atoms with Crippen LogP contribution in [0.4, 0.5) is 0 Å². The van der Waals surface area contributed by atoms with Gasteiger partial charge in [0.15, 0.2) is 0 Å². The number of benzene rings is 1. The molecule has 1 aromatic heterocycles. The van der Waals surface area contributed by atoms with E-state index in [1.807, 2.05) is 7.05 Å². The first-order valence-electron chi connectivity index (χ1n) is 8.10. The maximum Gasteiger partial charge on any atom is 0.0483 e. The highest BCUT2D eigenvalue weighted by molar-refractivity contribution is 5.85. The number of fused-ring (bicyclic) bond motifs is 1. The van der Waals surface area contributed by atoms with E-state index in [0.717, 1.165) is 6.54 Å². The fourth-order valence-electron chi connectivity index (χ4n) is 2.41. The summed E-state index contributed by atoms with van der Waals surface area (Å²) in [5, 5.41) is 4.58. The van der Waals surface area contributed by atoms with Crippen molar-refractivity contribution in [2.24, 2.45) is 12.0 Å². The van der Waals surface area contributed by atoms with E-state index >= 15 is 0 Å². The monoisotopic (exact) mass is 315 g/mol. The lowest BCUT2D eigenvalue weighted by molar-refractivity contribution is 0.801. The molecule has 0 saturated heterocycles. The second-order valence-corrected chi connectivity index (χ2v) is 5.68. The number of hydrogen-bond donors (Lipinski definition) is 1. The molecule has 1 N–H and O–H groups in total. The number of aryl methyl sites for hydroxylation is 1. The molecule has 1 aromatic carbocycles. The number of para-hydroxylation sites is 1. The van der Waals surface area contributed by atoms with Crippen molar-refractivity contribution in [3.05, 3.63) is 47.2 Å². The zero-order chi connectivity index (χ0) is 17.8. The minimum atomic E-state index is 0.938. The van der Waals surface area contributed by atoms with Gasteiger partial charge in [-0.25, -0.2) is 0 Å². The highest BCUT2D eigenvalue weighted by atomic mass is 15.0. The Morgan fingerprint density at radius 2 is 1.87 bits per heavy atom. The third-order valence-corrected chi connectivity index (χ3v) is 3.50. The Hall–Kier alpha value is -1.87. The summed E-state index contributed by atoms with van der Waals surface area (Å²) < 4.78 is 2.25. The molecule has 0 amide bonds. The number of nitrogens with one attached hydrogen (secondary N) is 1. The van der Waals surface area contributed by atoms with E-state index in [-0.39, 0.29) is 0 Å². The van der Waals surface area contributed by atoms with Crippen LogP contribution in [-0.4, -0.2) is 25.4 Å². The molecule has 0 atom stereocenters. The normalized spacial score (nSPS) is 9.35. The van der Waals surface area contributed by atoms with Crippen LogP contribution in [0.2, 0.25) is 0 Å². The Morgan fingerprint density at radius 3 is 2.30 bits per heavy atom. The molecule has 0 saturated carbocycles. The number of aliphatic imine (C=N–C) groups is 1. The number of aromatic nitrogens is 1. The van der Waals surface area contributed by atoms with Crippen molar-refractivity contribution >= 4 is 17.6 Å². The second-order valence-electron chi connectivity index (χ2n) is 5.68. The molecule has 3 nitrogen and oxygen atoms in total. The SMILES string of the molecule is C=NC.CCC=C(C)C.CNCc1c(C)n(C)c2ccccc12. The molecule has 2 rings (SSSR count). The molecule has 2 aromatic rings. The van der Waals surface area contributed by atoms with Crippen LogP contribution in [0.15, 0.2) is 40.9 Å². The quantitative estimate of drug-likeness (QED) is 0.634. The van der Waals surface area contributed by atoms with E-state index < -0.39 is 0 Å². The maximum absolute atomic E-state index is 3.25. The van der Waals surface area contributed by atoms with Crippen LogP contribution in [0.3, 0.4) is 0 Å². The van der Waals surface area contributed by atoms with Crippen molar-refractivity contribution < 1.29 is 0 Å². The molecule has 128 valence electrons. The Kier molecular flexibility index (Phi) is 10.7. The number of allylic oxidation sites excluding steroid dienone is 2. The van der Waals surface area contributed by atoms with Gasteiger partial charge in [-0.3, -0.25) is 0 Å². The van der Waals surface area contributed by atoms with Gasteiger partial charge in [0.1, 0.15) is 0 Å². The van der Waals surface area contributed by atoms with Gasteiger partial charge in [0.2, 0.25) is 0 Å². The zero-order valence-electron chi connectivity index (χ0n) is 15.9. The van der Waals surface area contributed by atoms with E-state index in [4.69, 9.17) is 0 Å². The summed E-state index contributed by atoms with van der Waals surface area (Å²) in [6.45, 7) is 12.6. The third-order valence-electron chi connectivity index (χ3n) is 3.50. The van der Waals surface area contributed by atoms with Gasteiger partial charge in [-0.2, -0.15) is 0 Å². The second kappa shape index (κ2) is 11.7. The zero-order valence-corrected chi connectivity index (χ0v) is 15.9. The summed E-state index contributed by atoms with van der Waals surface area (Å²) in [4.78, 5) is 3.25. The topological polar surface area (TPSA) is 29.3 Å². The molecule has 0 aliphatic rings. The lowest BCUT2D eigenvalue weighted by Gasteiger charge is -2.00. The summed E-state index contributed by atoms with van der Waals surface area (Å²) in [6, 6.07) is 8.54. The smallest absolute Gasteiger partial charge is 0.0483 e. The van der Waals surface area contributed by atoms with Crippen LogP contribution < -0.4 is 5.32 Å². The van der Waals surface area contributed by atoms with Gasteiger partial charge in [-0.15, -0.1) is 0 Å². The Labute approximate surface area is 142 Å². The van der Waals surface area contributed by atoms with E-state index in [0.29, 0.717) is 0 Å². The molecular formula is C20H33N3. The third kappa shape index (κ3) is 6.83. The minimum Gasteiger partial charge on any atom is -0.348 e. The highest BCUT2D eigenvalue weighted by Crippen LogP contribution is 2.24. The predicted octanol–water partition coefficient (Wildman–Crippen LogP) is 4.89. The van der Waals surface area contributed by atoms with Crippen LogP contribution in [0, 0.1) is 6.92 Å². The molecule has 1 heterocycles. The summed E-state index contributed by atoms with van der Waals surface area (Å²) in [5.41, 5.74) is 5.49. The lowest BCUT2D eigenvalue weighted by Crippen LogP contribution is -2.06. The molecule has 23 heavy (non-hydrogen) atoms. The molecule has 0 aliphatic heterocycles. The molecule has 0 spiro atoms. The van der Waals surface area contributed by atoms with Crippen LogP contribution in [0.1, 0.15) is 38.4 Å². The van der Waals surface area contributed by atoms with Crippen LogP contribution in [0.25, 0.3) is 10.9 Å². The van der Waals surface area contributed by atoms with E-state index in [1.165, 1.54) is 34.2 Å². The van der Waals surface area contributed by atoms with Gasteiger partial charge in [0.25, 0.3) is 0 Å². The van der Waals surface area contributed by atoms with Crippen molar-refractivity contribution in [2.75, 3.05) is 14.1 Å². The molecule has 0 unspecified atom stereocenters. The average molecular weight is 316 g/mol. The molecule has 0 radical (unpaired) electrons. The largest absolute Gasteiger partial charge is 0.348 e. The summed E-state index contributed by atoms with van der Waals surface area (Å²) in [6.07, 6.45) is 3.38. The minimum absolute atomic E-state index is 0.938. The van der Waals surface area contributed by atoms with Gasteiger partial charge in [-0.1, -0.05) is 36.8 Å². The van der Waals surface area contributed by atoms with Crippen LogP contribution in [-0.2, 0) is 13.6 Å². The van der Waals surface area contributed by atoms with Crippen LogP contribution in [0.5, 0.6) is 0 Å². The number of nitrogens with zero attached hydrogens (tertiary/aromatic N) is 2. The van der Waals surface area contributed by atoms with Gasteiger partial charge < -0.3 is 14.9 Å². The van der Waals surface area contributed by atoms with Crippen molar-refractivity contribution in [1.82, 2.24) is 9.88 Å². The lowest BCUT2D eigenvalue weighted by atomic mass is 10.1. The van der Waals surface area contributed by atoms with E-state index in [2.05, 4.69) is 86.7 Å². The highest BCUT2D eigenvalue weighted by Gasteiger charge is 2.09. The average Bonchev–Trinajstić information content (AvgIpc) is 2.75. The molecule has 0 aliphatic carbocycles. The number of hydrogen-bond acceptors (Lipinski definition) is 2. The molecule has 3 heteroatoms. The van der Waals surface area contributed by atoms with Gasteiger partial charge in [0.05, 0.1) is 0 Å². The molecule has 0 bridgehead atoms. The van der Waals surface area contributed by atoms with Crippen molar-refractivity contribution in [2.45, 2.75) is 40.7 Å². The first-order chi connectivity index (χ1) is 10.9. The first-order valence-corrected chi connectivity index (χ1v) is 8.10. The molecular weight excluding hydrogens is 282 g/mol. The molecule has 0 fully saturated rings. The van der Waals surface area contributed by atoms with Gasteiger partial charge in [-0.05, 0) is 52.6 Å². The summed E-state index contributed by atoms with van der Waals surface area (Å²) >= 11 is 0. The van der Waals surface area contributed by atoms with Crippen molar-refractivity contribution in [3.63, 3.8) is 0 Å². The predicted molar refractivity (Wildman–Crippen MR) is 106 cm³/mol. The Bertz CT molecular complexity index is 617. The Balaban J connectivity index is 0.000000453. The van der Waals surface area contributed by atoms with Crippen molar-refractivity contribution in [3.8, 4) is 0 Å². The maximum atomic E-state index is 3.25.